The van der Waals surface area contributed by atoms with Crippen LogP contribution in [0.2, 0.25) is 0 Å². The predicted octanol–water partition coefficient (Wildman–Crippen LogP) is 2.01. The van der Waals surface area contributed by atoms with E-state index < -0.39 is 0 Å². The zero-order valence-corrected chi connectivity index (χ0v) is 12.3. The molecule has 2 unspecified atom stereocenters. The fraction of sp³-hybridized carbons (Fsp3) is 0.533. The zero-order valence-electron chi connectivity index (χ0n) is 11.5. The van der Waals surface area contributed by atoms with Crippen molar-refractivity contribution < 1.29 is 9.53 Å². The van der Waals surface area contributed by atoms with Crippen molar-refractivity contribution >= 4 is 24.0 Å². The summed E-state index contributed by atoms with van der Waals surface area (Å²) < 4.78 is 5.74. The van der Waals surface area contributed by atoms with Crippen molar-refractivity contribution in [2.45, 2.75) is 37.8 Å². The van der Waals surface area contributed by atoms with Crippen molar-refractivity contribution in [2.24, 2.45) is 0 Å². The Bertz CT molecular complexity index is 463. The molecule has 1 saturated heterocycles. The molecule has 1 saturated carbocycles. The third-order valence-electron chi connectivity index (χ3n) is 4.14. The number of carbonyl (C=O) groups is 1. The smallest absolute Gasteiger partial charge is 0.227 e. The highest BCUT2D eigenvalue weighted by atomic mass is 35.5. The Morgan fingerprint density at radius 2 is 2.05 bits per heavy atom. The van der Waals surface area contributed by atoms with Gasteiger partial charge in [0.15, 0.2) is 0 Å². The summed E-state index contributed by atoms with van der Waals surface area (Å²) >= 11 is 0. The van der Waals surface area contributed by atoms with Crippen LogP contribution in [-0.2, 0) is 16.0 Å². The number of fused-ring (bicyclic) bond motifs is 1. The van der Waals surface area contributed by atoms with Crippen LogP contribution in [0.3, 0.4) is 0 Å². The van der Waals surface area contributed by atoms with Crippen molar-refractivity contribution in [1.82, 2.24) is 4.90 Å². The highest BCUT2D eigenvalue weighted by Crippen LogP contribution is 2.30. The lowest BCUT2D eigenvalue weighted by atomic mass is 10.1. The number of hydrogen-bond acceptors (Lipinski definition) is 3. The number of anilines is 1. The van der Waals surface area contributed by atoms with E-state index in [1.54, 1.807) is 0 Å². The van der Waals surface area contributed by atoms with Gasteiger partial charge in [-0.05, 0) is 37.0 Å². The van der Waals surface area contributed by atoms with Crippen LogP contribution < -0.4 is 5.73 Å². The Morgan fingerprint density at radius 3 is 2.80 bits per heavy atom. The molecule has 4 nitrogen and oxygen atoms in total. The molecule has 2 N–H and O–H groups in total. The summed E-state index contributed by atoms with van der Waals surface area (Å²) in [6.45, 7) is 1.41. The Balaban J connectivity index is 0.00000147. The van der Waals surface area contributed by atoms with Gasteiger partial charge in [0, 0.05) is 12.2 Å². The average Bonchev–Trinajstić information content (AvgIpc) is 2.89. The molecule has 2 fully saturated rings. The molecule has 3 rings (SSSR count). The van der Waals surface area contributed by atoms with Crippen LogP contribution in [0.15, 0.2) is 24.3 Å². The van der Waals surface area contributed by atoms with Gasteiger partial charge < -0.3 is 15.4 Å². The van der Waals surface area contributed by atoms with Gasteiger partial charge in [0.25, 0.3) is 0 Å². The first kappa shape index (κ1) is 15.1. The molecule has 0 bridgehead atoms. The topological polar surface area (TPSA) is 55.6 Å². The average molecular weight is 297 g/mol. The molecule has 1 heterocycles. The maximum absolute atomic E-state index is 12.4. The summed E-state index contributed by atoms with van der Waals surface area (Å²) in [5, 5.41) is 0. The Labute approximate surface area is 125 Å². The monoisotopic (exact) mass is 296 g/mol. The number of nitrogens with zero attached hydrogens (tertiary/aromatic N) is 1. The molecule has 1 aromatic carbocycles. The first-order valence-electron chi connectivity index (χ1n) is 6.99. The van der Waals surface area contributed by atoms with E-state index in [-0.39, 0.29) is 24.4 Å². The molecule has 1 amide bonds. The molecule has 0 radical (unpaired) electrons. The molecule has 1 aromatic rings. The number of ether oxygens (including phenoxy) is 1. The number of rotatable bonds is 2. The van der Waals surface area contributed by atoms with Gasteiger partial charge in [-0.2, -0.15) is 0 Å². The molecule has 1 aliphatic carbocycles. The van der Waals surface area contributed by atoms with Crippen LogP contribution in [0.25, 0.3) is 0 Å². The van der Waals surface area contributed by atoms with Gasteiger partial charge in [0.05, 0.1) is 25.2 Å². The van der Waals surface area contributed by atoms with E-state index in [1.807, 2.05) is 29.2 Å². The molecule has 1 aliphatic heterocycles. The molecule has 0 aromatic heterocycles. The van der Waals surface area contributed by atoms with Crippen molar-refractivity contribution in [3.05, 3.63) is 29.8 Å². The second-order valence-electron chi connectivity index (χ2n) is 5.41. The lowest BCUT2D eigenvalue weighted by Gasteiger charge is -2.37. The van der Waals surface area contributed by atoms with Crippen molar-refractivity contribution in [3.63, 3.8) is 0 Å². The summed E-state index contributed by atoms with van der Waals surface area (Å²) in [4.78, 5) is 14.5. The number of nitrogen functional groups attached to an aromatic ring is 1. The van der Waals surface area contributed by atoms with E-state index in [1.165, 1.54) is 6.42 Å². The number of nitrogens with two attached hydrogens (primary N) is 1. The third-order valence-corrected chi connectivity index (χ3v) is 4.14. The zero-order chi connectivity index (χ0) is 13.2. The Kier molecular flexibility index (Phi) is 4.89. The highest BCUT2D eigenvalue weighted by molar-refractivity contribution is 5.85. The fourth-order valence-electron chi connectivity index (χ4n) is 3.15. The van der Waals surface area contributed by atoms with Crippen LogP contribution in [0.4, 0.5) is 5.69 Å². The number of morpholine rings is 1. The molecular weight excluding hydrogens is 276 g/mol. The van der Waals surface area contributed by atoms with Crippen molar-refractivity contribution in [3.8, 4) is 0 Å². The maximum Gasteiger partial charge on any atom is 0.227 e. The second-order valence-corrected chi connectivity index (χ2v) is 5.41. The number of benzene rings is 1. The minimum Gasteiger partial charge on any atom is -0.399 e. The van der Waals surface area contributed by atoms with E-state index in [9.17, 15) is 4.79 Å². The SMILES string of the molecule is Cl.Nc1ccc(CC(=O)N2CCOC3CCCC32)cc1. The Morgan fingerprint density at radius 1 is 1.30 bits per heavy atom. The van der Waals surface area contributed by atoms with Gasteiger partial charge in [-0.25, -0.2) is 0 Å². The lowest BCUT2D eigenvalue weighted by Crippen LogP contribution is -2.51. The van der Waals surface area contributed by atoms with E-state index in [0.29, 0.717) is 19.1 Å². The van der Waals surface area contributed by atoms with Crippen LogP contribution >= 0.6 is 12.4 Å². The minimum atomic E-state index is 0. The van der Waals surface area contributed by atoms with E-state index in [0.717, 1.165) is 30.6 Å². The lowest BCUT2D eigenvalue weighted by molar-refractivity contribution is -0.143. The van der Waals surface area contributed by atoms with Gasteiger partial charge in [-0.1, -0.05) is 12.1 Å². The minimum absolute atomic E-state index is 0. The van der Waals surface area contributed by atoms with Gasteiger partial charge in [-0.3, -0.25) is 4.79 Å². The molecule has 2 atom stereocenters. The predicted molar refractivity (Wildman–Crippen MR) is 80.9 cm³/mol. The molecule has 0 spiro atoms. The van der Waals surface area contributed by atoms with Crippen molar-refractivity contribution in [1.29, 1.82) is 0 Å². The summed E-state index contributed by atoms with van der Waals surface area (Å²) in [6, 6.07) is 7.86. The summed E-state index contributed by atoms with van der Waals surface area (Å²) in [6.07, 6.45) is 4.07. The van der Waals surface area contributed by atoms with E-state index >= 15 is 0 Å². The highest BCUT2D eigenvalue weighted by Gasteiger charge is 2.38. The van der Waals surface area contributed by atoms with Crippen molar-refractivity contribution in [2.75, 3.05) is 18.9 Å². The van der Waals surface area contributed by atoms with Gasteiger partial charge in [-0.15, -0.1) is 12.4 Å². The Hall–Kier alpha value is -1.26. The standard InChI is InChI=1S/C15H20N2O2.ClH/c16-12-6-4-11(5-7-12)10-15(18)17-8-9-19-14-3-1-2-13(14)17;/h4-7,13-14H,1-3,8-10,16H2;1H. The summed E-state index contributed by atoms with van der Waals surface area (Å²) in [5.41, 5.74) is 7.42. The number of carbonyl (C=O) groups excluding carboxylic acids is 1. The van der Waals surface area contributed by atoms with Gasteiger partial charge in [0.2, 0.25) is 5.91 Å². The number of halogens is 1. The second kappa shape index (κ2) is 6.46. The summed E-state index contributed by atoms with van der Waals surface area (Å²) in [5.74, 6) is 0.213. The van der Waals surface area contributed by atoms with Crippen LogP contribution in [0.5, 0.6) is 0 Å². The molecule has 2 aliphatic rings. The third kappa shape index (κ3) is 3.07. The molecule has 20 heavy (non-hydrogen) atoms. The molecular formula is C15H21ClN2O2. The quantitative estimate of drug-likeness (QED) is 0.850. The largest absolute Gasteiger partial charge is 0.399 e. The van der Waals surface area contributed by atoms with Crippen LogP contribution in [0, 0.1) is 0 Å². The normalized spacial score (nSPS) is 24.9. The maximum atomic E-state index is 12.4. The van der Waals surface area contributed by atoms with Gasteiger partial charge in [0.1, 0.15) is 0 Å². The number of amides is 1. The van der Waals surface area contributed by atoms with Crippen LogP contribution in [0.1, 0.15) is 24.8 Å². The number of hydrogen-bond donors (Lipinski definition) is 1. The van der Waals surface area contributed by atoms with Gasteiger partial charge >= 0.3 is 0 Å². The first-order valence-corrected chi connectivity index (χ1v) is 6.99. The summed E-state index contributed by atoms with van der Waals surface area (Å²) in [7, 11) is 0. The van der Waals surface area contributed by atoms with E-state index in [2.05, 4.69) is 0 Å². The molecule has 110 valence electrons. The first-order chi connectivity index (χ1) is 9.24. The van der Waals surface area contributed by atoms with E-state index in [4.69, 9.17) is 10.5 Å². The fourth-order valence-corrected chi connectivity index (χ4v) is 3.15. The molecule has 5 heteroatoms. The van der Waals surface area contributed by atoms with Crippen LogP contribution in [-0.4, -0.2) is 36.1 Å².